The van der Waals surface area contributed by atoms with Crippen molar-refractivity contribution in [3.05, 3.63) is 29.3 Å². The highest BCUT2D eigenvalue weighted by molar-refractivity contribution is 7.99. The number of nitrogens with two attached hydrogens (primary N) is 1. The van der Waals surface area contributed by atoms with Crippen LogP contribution in [0.5, 0.6) is 0 Å². The molecule has 2 N–H and O–H groups in total. The van der Waals surface area contributed by atoms with Crippen LogP contribution in [0.25, 0.3) is 0 Å². The van der Waals surface area contributed by atoms with Crippen LogP contribution in [0.3, 0.4) is 0 Å². The van der Waals surface area contributed by atoms with Gasteiger partial charge in [-0.3, -0.25) is 4.79 Å². The largest absolute Gasteiger partial charge is 0.342 e. The van der Waals surface area contributed by atoms with Crippen LogP contribution in [0.15, 0.2) is 29.2 Å². The highest BCUT2D eigenvalue weighted by atomic mass is 35.5. The number of benzene rings is 1. The second-order valence-corrected chi connectivity index (χ2v) is 6.30. The lowest BCUT2D eigenvalue weighted by atomic mass is 10.1. The lowest BCUT2D eigenvalue weighted by molar-refractivity contribution is -0.129. The van der Waals surface area contributed by atoms with Crippen LogP contribution in [0.4, 0.5) is 0 Å². The predicted octanol–water partition coefficient (Wildman–Crippen LogP) is 3.05. The summed E-state index contributed by atoms with van der Waals surface area (Å²) in [5, 5.41) is 0.754. The second kappa shape index (κ2) is 8.78. The zero-order chi connectivity index (χ0) is 13.7. The van der Waals surface area contributed by atoms with Gasteiger partial charge in [0.15, 0.2) is 0 Å². The standard InChI is InChI=1S/C14H19ClN2OS.ClH/c15-12-3-1-2-4-13(12)19-8-6-14(18)17-7-5-11(9-16)10-17;/h1-4,11H,5-10,16H2;1H. The molecule has 6 heteroatoms. The third-order valence-electron chi connectivity index (χ3n) is 3.38. The third-order valence-corrected chi connectivity index (χ3v) is 4.90. The number of carbonyl (C=O) groups is 1. The van der Waals surface area contributed by atoms with Crippen LogP contribution in [0.1, 0.15) is 12.8 Å². The molecule has 1 aromatic rings. The molecule has 0 bridgehead atoms. The molecule has 2 rings (SSSR count). The van der Waals surface area contributed by atoms with Crippen molar-refractivity contribution in [3.8, 4) is 0 Å². The molecular formula is C14H20Cl2N2OS. The Bertz CT molecular complexity index is 445. The molecule has 1 aromatic carbocycles. The van der Waals surface area contributed by atoms with E-state index in [-0.39, 0.29) is 18.3 Å². The van der Waals surface area contributed by atoms with Crippen LogP contribution in [-0.2, 0) is 4.79 Å². The predicted molar refractivity (Wildman–Crippen MR) is 87.8 cm³/mol. The number of likely N-dealkylation sites (tertiary alicyclic amines) is 1. The Kier molecular flexibility index (Phi) is 7.74. The fourth-order valence-electron chi connectivity index (χ4n) is 2.22. The molecule has 1 unspecified atom stereocenters. The Morgan fingerprint density at radius 3 is 2.85 bits per heavy atom. The van der Waals surface area contributed by atoms with Gasteiger partial charge < -0.3 is 10.6 Å². The topological polar surface area (TPSA) is 46.3 Å². The molecular weight excluding hydrogens is 315 g/mol. The molecule has 1 aliphatic rings. The number of hydrogen-bond donors (Lipinski definition) is 1. The Morgan fingerprint density at radius 2 is 2.20 bits per heavy atom. The maximum absolute atomic E-state index is 12.0. The molecule has 1 amide bonds. The summed E-state index contributed by atoms with van der Waals surface area (Å²) in [6, 6.07) is 7.73. The SMILES string of the molecule is Cl.NCC1CCN(C(=O)CCSc2ccccc2Cl)C1. The Hall–Kier alpha value is -0.420. The van der Waals surface area contributed by atoms with E-state index in [2.05, 4.69) is 0 Å². The quantitative estimate of drug-likeness (QED) is 0.842. The van der Waals surface area contributed by atoms with Crippen LogP contribution in [0, 0.1) is 5.92 Å². The summed E-state index contributed by atoms with van der Waals surface area (Å²) in [6.45, 7) is 2.36. The molecule has 1 aliphatic heterocycles. The summed E-state index contributed by atoms with van der Waals surface area (Å²) in [6.07, 6.45) is 1.60. The van der Waals surface area contributed by atoms with E-state index < -0.39 is 0 Å². The van der Waals surface area contributed by atoms with E-state index in [1.54, 1.807) is 11.8 Å². The highest BCUT2D eigenvalue weighted by Gasteiger charge is 2.24. The summed E-state index contributed by atoms with van der Waals surface area (Å²) >= 11 is 7.71. The van der Waals surface area contributed by atoms with Gasteiger partial charge in [0, 0.05) is 30.2 Å². The molecule has 112 valence electrons. The van der Waals surface area contributed by atoms with Gasteiger partial charge in [-0.1, -0.05) is 23.7 Å². The minimum absolute atomic E-state index is 0. The van der Waals surface area contributed by atoms with E-state index in [4.69, 9.17) is 17.3 Å². The fourth-order valence-corrected chi connectivity index (χ4v) is 3.40. The molecule has 0 saturated carbocycles. The molecule has 0 aromatic heterocycles. The maximum atomic E-state index is 12.0. The molecule has 1 saturated heterocycles. The number of nitrogens with zero attached hydrogens (tertiary/aromatic N) is 1. The molecule has 1 atom stereocenters. The van der Waals surface area contributed by atoms with Gasteiger partial charge in [0.2, 0.25) is 5.91 Å². The number of thioether (sulfide) groups is 1. The Balaban J connectivity index is 0.00000200. The average molecular weight is 335 g/mol. The zero-order valence-corrected chi connectivity index (χ0v) is 13.6. The summed E-state index contributed by atoms with van der Waals surface area (Å²) in [7, 11) is 0. The Labute approximate surface area is 135 Å². The summed E-state index contributed by atoms with van der Waals surface area (Å²) in [5.74, 6) is 1.49. The van der Waals surface area contributed by atoms with Crippen molar-refractivity contribution < 1.29 is 4.79 Å². The molecule has 0 aliphatic carbocycles. The number of halogens is 2. The first-order valence-corrected chi connectivity index (χ1v) is 7.92. The third kappa shape index (κ3) is 4.85. The lowest BCUT2D eigenvalue weighted by Gasteiger charge is -2.16. The van der Waals surface area contributed by atoms with Gasteiger partial charge in [0.1, 0.15) is 0 Å². The maximum Gasteiger partial charge on any atom is 0.223 e. The van der Waals surface area contributed by atoms with Gasteiger partial charge in [-0.05, 0) is 31.0 Å². The molecule has 3 nitrogen and oxygen atoms in total. The first-order chi connectivity index (χ1) is 9.20. The van der Waals surface area contributed by atoms with Gasteiger partial charge in [-0.25, -0.2) is 0 Å². The number of amides is 1. The fraction of sp³-hybridized carbons (Fsp3) is 0.500. The van der Waals surface area contributed by atoms with Crippen LogP contribution >= 0.6 is 35.8 Å². The van der Waals surface area contributed by atoms with Crippen molar-refractivity contribution in [1.82, 2.24) is 4.90 Å². The van der Waals surface area contributed by atoms with Crippen molar-refractivity contribution in [1.29, 1.82) is 0 Å². The van der Waals surface area contributed by atoms with Crippen molar-refractivity contribution in [2.75, 3.05) is 25.4 Å². The molecule has 1 fully saturated rings. The highest BCUT2D eigenvalue weighted by Crippen LogP contribution is 2.27. The van der Waals surface area contributed by atoms with Crippen molar-refractivity contribution in [3.63, 3.8) is 0 Å². The van der Waals surface area contributed by atoms with E-state index in [0.29, 0.717) is 18.9 Å². The van der Waals surface area contributed by atoms with E-state index >= 15 is 0 Å². The molecule has 0 spiro atoms. The zero-order valence-electron chi connectivity index (χ0n) is 11.3. The average Bonchev–Trinajstić information content (AvgIpc) is 2.90. The minimum Gasteiger partial charge on any atom is -0.342 e. The van der Waals surface area contributed by atoms with Crippen LogP contribution < -0.4 is 5.73 Å². The van der Waals surface area contributed by atoms with Gasteiger partial charge in [-0.2, -0.15) is 0 Å². The van der Waals surface area contributed by atoms with Crippen LogP contribution in [-0.4, -0.2) is 36.2 Å². The minimum atomic E-state index is 0. The monoisotopic (exact) mass is 334 g/mol. The second-order valence-electron chi connectivity index (χ2n) is 4.76. The smallest absolute Gasteiger partial charge is 0.223 e. The Morgan fingerprint density at radius 1 is 1.45 bits per heavy atom. The van der Waals surface area contributed by atoms with Crippen molar-refractivity contribution in [2.24, 2.45) is 11.7 Å². The van der Waals surface area contributed by atoms with Gasteiger partial charge in [0.05, 0.1) is 5.02 Å². The van der Waals surface area contributed by atoms with Crippen molar-refractivity contribution >= 4 is 41.7 Å². The normalized spacial score (nSPS) is 17.9. The van der Waals surface area contributed by atoms with Crippen LogP contribution in [0.2, 0.25) is 5.02 Å². The van der Waals surface area contributed by atoms with Gasteiger partial charge >= 0.3 is 0 Å². The summed E-state index contributed by atoms with van der Waals surface area (Å²) < 4.78 is 0. The van der Waals surface area contributed by atoms with E-state index in [0.717, 1.165) is 35.2 Å². The number of rotatable bonds is 5. The van der Waals surface area contributed by atoms with E-state index in [1.807, 2.05) is 29.2 Å². The summed E-state index contributed by atoms with van der Waals surface area (Å²) in [4.78, 5) is 15.0. The molecule has 0 radical (unpaired) electrons. The first-order valence-electron chi connectivity index (χ1n) is 6.56. The number of carbonyl (C=O) groups excluding carboxylic acids is 1. The summed E-state index contributed by atoms with van der Waals surface area (Å²) in [5.41, 5.74) is 5.63. The lowest BCUT2D eigenvalue weighted by Crippen LogP contribution is -2.30. The van der Waals surface area contributed by atoms with E-state index in [1.165, 1.54) is 0 Å². The van der Waals surface area contributed by atoms with E-state index in [9.17, 15) is 4.79 Å². The van der Waals surface area contributed by atoms with Gasteiger partial charge in [-0.15, -0.1) is 24.2 Å². The number of hydrogen-bond acceptors (Lipinski definition) is 3. The first kappa shape index (κ1) is 17.6. The van der Waals surface area contributed by atoms with Crippen molar-refractivity contribution in [2.45, 2.75) is 17.7 Å². The molecule has 1 heterocycles. The molecule has 20 heavy (non-hydrogen) atoms. The van der Waals surface area contributed by atoms with Gasteiger partial charge in [0.25, 0.3) is 0 Å².